The molecule has 0 saturated heterocycles. The Kier molecular flexibility index (Phi) is 5.74. The van der Waals surface area contributed by atoms with Gasteiger partial charge in [-0.2, -0.15) is 5.26 Å². The van der Waals surface area contributed by atoms with Gasteiger partial charge in [-0.1, -0.05) is 13.8 Å². The molecule has 0 aliphatic carbocycles. The van der Waals surface area contributed by atoms with Gasteiger partial charge >= 0.3 is 0 Å². The van der Waals surface area contributed by atoms with E-state index in [1.54, 1.807) is 24.3 Å². The second kappa shape index (κ2) is 8.22. The van der Waals surface area contributed by atoms with Crippen molar-refractivity contribution in [1.82, 2.24) is 4.57 Å². The first-order valence-corrected chi connectivity index (χ1v) is 9.38. The number of amides is 1. The summed E-state index contributed by atoms with van der Waals surface area (Å²) >= 11 is 0. The van der Waals surface area contributed by atoms with Gasteiger partial charge in [-0.25, -0.2) is 0 Å². The SMILES string of the molecule is Cc1cc(/C=C(\C#N)C(=O)Nc2ccc3c(c2)OCO3)c(C)n1CCC(C)C. The van der Waals surface area contributed by atoms with Crippen LogP contribution >= 0.6 is 0 Å². The molecule has 1 aliphatic heterocycles. The van der Waals surface area contributed by atoms with E-state index >= 15 is 0 Å². The second-order valence-corrected chi connectivity index (χ2v) is 7.35. The first-order valence-electron chi connectivity index (χ1n) is 9.38. The fraction of sp³-hybridized carbons (Fsp3) is 0.364. The van der Waals surface area contributed by atoms with Crippen LogP contribution in [-0.2, 0) is 11.3 Å². The van der Waals surface area contributed by atoms with Crippen LogP contribution in [0.15, 0.2) is 29.8 Å². The molecule has 1 N–H and O–H groups in total. The normalized spacial score (nSPS) is 12.9. The number of hydrogen-bond acceptors (Lipinski definition) is 4. The average molecular weight is 379 g/mol. The molecule has 28 heavy (non-hydrogen) atoms. The first kappa shape index (κ1) is 19.6. The molecule has 0 unspecified atom stereocenters. The monoisotopic (exact) mass is 379 g/mol. The summed E-state index contributed by atoms with van der Waals surface area (Å²) in [5.41, 5.74) is 3.68. The van der Waals surface area contributed by atoms with Gasteiger partial charge < -0.3 is 19.4 Å². The minimum atomic E-state index is -0.451. The minimum absolute atomic E-state index is 0.0572. The number of nitriles is 1. The van der Waals surface area contributed by atoms with Crippen molar-refractivity contribution in [2.24, 2.45) is 5.92 Å². The molecule has 6 nitrogen and oxygen atoms in total. The number of benzene rings is 1. The number of aryl methyl sites for hydroxylation is 1. The lowest BCUT2D eigenvalue weighted by atomic mass is 10.1. The summed E-state index contributed by atoms with van der Waals surface area (Å²) in [6.45, 7) is 9.55. The van der Waals surface area contributed by atoms with E-state index in [1.165, 1.54) is 0 Å². The highest BCUT2D eigenvalue weighted by molar-refractivity contribution is 6.09. The van der Waals surface area contributed by atoms with Gasteiger partial charge in [0.15, 0.2) is 11.5 Å². The molecular weight excluding hydrogens is 354 g/mol. The molecule has 1 amide bonds. The van der Waals surface area contributed by atoms with Crippen LogP contribution in [0.5, 0.6) is 11.5 Å². The zero-order valence-electron chi connectivity index (χ0n) is 16.7. The predicted octanol–water partition coefficient (Wildman–Crippen LogP) is 4.43. The zero-order valence-corrected chi connectivity index (χ0v) is 16.7. The van der Waals surface area contributed by atoms with Crippen LogP contribution in [0.4, 0.5) is 5.69 Å². The van der Waals surface area contributed by atoms with E-state index in [0.717, 1.165) is 29.9 Å². The number of nitrogens with zero attached hydrogens (tertiary/aromatic N) is 2. The van der Waals surface area contributed by atoms with Crippen LogP contribution in [0.2, 0.25) is 0 Å². The summed E-state index contributed by atoms with van der Waals surface area (Å²) in [6.07, 6.45) is 2.73. The molecule has 0 bridgehead atoms. The largest absolute Gasteiger partial charge is 0.454 e. The summed E-state index contributed by atoms with van der Waals surface area (Å²) in [6, 6.07) is 9.17. The molecular formula is C22H25N3O3. The quantitative estimate of drug-likeness (QED) is 0.595. The maximum absolute atomic E-state index is 12.6. The van der Waals surface area contributed by atoms with Gasteiger partial charge in [-0.05, 0) is 56.0 Å². The molecule has 0 atom stereocenters. The molecule has 2 aromatic rings. The van der Waals surface area contributed by atoms with Crippen molar-refractivity contribution >= 4 is 17.7 Å². The number of carbonyl (C=O) groups excluding carboxylic acids is 1. The van der Waals surface area contributed by atoms with Gasteiger partial charge in [0.25, 0.3) is 5.91 Å². The van der Waals surface area contributed by atoms with E-state index in [9.17, 15) is 10.1 Å². The van der Waals surface area contributed by atoms with Crippen LogP contribution < -0.4 is 14.8 Å². The van der Waals surface area contributed by atoms with E-state index < -0.39 is 5.91 Å². The van der Waals surface area contributed by atoms with E-state index in [4.69, 9.17) is 9.47 Å². The topological polar surface area (TPSA) is 76.3 Å². The van der Waals surface area contributed by atoms with Gasteiger partial charge in [0.2, 0.25) is 6.79 Å². The van der Waals surface area contributed by atoms with Crippen LogP contribution in [0.3, 0.4) is 0 Å². The summed E-state index contributed by atoms with van der Waals surface area (Å²) < 4.78 is 12.8. The van der Waals surface area contributed by atoms with Crippen molar-refractivity contribution in [3.8, 4) is 17.6 Å². The van der Waals surface area contributed by atoms with Gasteiger partial charge in [-0.3, -0.25) is 4.79 Å². The minimum Gasteiger partial charge on any atom is -0.454 e. The Hall–Kier alpha value is -3.20. The zero-order chi connectivity index (χ0) is 20.3. The third-order valence-corrected chi connectivity index (χ3v) is 4.84. The molecule has 1 aromatic heterocycles. The van der Waals surface area contributed by atoms with Crippen LogP contribution in [0, 0.1) is 31.1 Å². The lowest BCUT2D eigenvalue weighted by molar-refractivity contribution is -0.112. The highest BCUT2D eigenvalue weighted by Gasteiger charge is 2.16. The molecule has 2 heterocycles. The fourth-order valence-corrected chi connectivity index (χ4v) is 3.18. The highest BCUT2D eigenvalue weighted by atomic mass is 16.7. The number of fused-ring (bicyclic) bond motifs is 1. The Morgan fingerprint density at radius 1 is 1.29 bits per heavy atom. The summed E-state index contributed by atoms with van der Waals surface area (Å²) in [5, 5.41) is 12.3. The molecule has 1 aliphatic rings. The van der Waals surface area contributed by atoms with Gasteiger partial charge in [0.1, 0.15) is 11.6 Å². The Balaban J connectivity index is 1.79. The van der Waals surface area contributed by atoms with Gasteiger partial charge in [-0.15, -0.1) is 0 Å². The standard InChI is InChI=1S/C22H25N3O3/c1-14(2)7-8-25-15(3)9-17(16(25)4)10-18(12-23)22(26)24-19-5-6-20-21(11-19)28-13-27-20/h5-6,9-11,14H,7-8,13H2,1-4H3,(H,24,26)/b18-10+. The van der Waals surface area contributed by atoms with Crippen LogP contribution in [0.1, 0.15) is 37.2 Å². The van der Waals surface area contributed by atoms with E-state index in [0.29, 0.717) is 23.1 Å². The van der Waals surface area contributed by atoms with Gasteiger partial charge in [0, 0.05) is 29.7 Å². The third-order valence-electron chi connectivity index (χ3n) is 4.84. The Bertz CT molecular complexity index is 964. The summed E-state index contributed by atoms with van der Waals surface area (Å²) in [5.74, 6) is 1.38. The Morgan fingerprint density at radius 2 is 2.04 bits per heavy atom. The molecule has 3 rings (SSSR count). The van der Waals surface area contributed by atoms with Crippen molar-refractivity contribution in [3.63, 3.8) is 0 Å². The highest BCUT2D eigenvalue weighted by Crippen LogP contribution is 2.34. The maximum atomic E-state index is 12.6. The smallest absolute Gasteiger partial charge is 0.266 e. The Labute approximate surface area is 165 Å². The van der Waals surface area contributed by atoms with Crippen molar-refractivity contribution in [1.29, 1.82) is 5.26 Å². The molecule has 1 aromatic carbocycles. The van der Waals surface area contributed by atoms with E-state index in [-0.39, 0.29) is 12.4 Å². The lowest BCUT2D eigenvalue weighted by Crippen LogP contribution is -2.13. The maximum Gasteiger partial charge on any atom is 0.266 e. The molecule has 0 spiro atoms. The first-order chi connectivity index (χ1) is 13.4. The summed E-state index contributed by atoms with van der Waals surface area (Å²) in [4.78, 5) is 12.6. The molecule has 0 saturated carbocycles. The fourth-order valence-electron chi connectivity index (χ4n) is 3.18. The lowest BCUT2D eigenvalue weighted by Gasteiger charge is -2.11. The van der Waals surface area contributed by atoms with Crippen LogP contribution in [-0.4, -0.2) is 17.3 Å². The van der Waals surface area contributed by atoms with Crippen molar-refractivity contribution in [2.75, 3.05) is 12.1 Å². The number of nitrogens with one attached hydrogen (secondary N) is 1. The van der Waals surface area contributed by atoms with Gasteiger partial charge in [0.05, 0.1) is 0 Å². The number of hydrogen-bond donors (Lipinski definition) is 1. The van der Waals surface area contributed by atoms with Crippen molar-refractivity contribution in [2.45, 2.75) is 40.7 Å². The Morgan fingerprint density at radius 3 is 2.75 bits per heavy atom. The molecule has 0 fully saturated rings. The number of ether oxygens (including phenoxy) is 2. The number of rotatable bonds is 6. The molecule has 0 radical (unpaired) electrons. The second-order valence-electron chi connectivity index (χ2n) is 7.35. The number of anilines is 1. The number of carbonyl (C=O) groups is 1. The summed E-state index contributed by atoms with van der Waals surface area (Å²) in [7, 11) is 0. The third kappa shape index (κ3) is 4.20. The molecule has 146 valence electrons. The molecule has 6 heteroatoms. The van der Waals surface area contributed by atoms with Crippen molar-refractivity contribution in [3.05, 3.63) is 46.8 Å². The van der Waals surface area contributed by atoms with Crippen molar-refractivity contribution < 1.29 is 14.3 Å². The van der Waals surface area contributed by atoms with E-state index in [1.807, 2.05) is 26.0 Å². The van der Waals surface area contributed by atoms with E-state index in [2.05, 4.69) is 23.7 Å². The predicted molar refractivity (Wildman–Crippen MR) is 108 cm³/mol. The average Bonchev–Trinajstić information content (AvgIpc) is 3.22. The van der Waals surface area contributed by atoms with Crippen LogP contribution in [0.25, 0.3) is 6.08 Å². The number of aromatic nitrogens is 1.